The summed E-state index contributed by atoms with van der Waals surface area (Å²) in [6.07, 6.45) is -0.573. The first-order chi connectivity index (χ1) is 7.51. The van der Waals surface area contributed by atoms with Crippen molar-refractivity contribution in [1.82, 2.24) is 0 Å². The van der Waals surface area contributed by atoms with E-state index < -0.39 is 35.3 Å². The van der Waals surface area contributed by atoms with Crippen molar-refractivity contribution >= 4 is 23.5 Å². The van der Waals surface area contributed by atoms with Gasteiger partial charge >= 0.3 is 41.5 Å². The average Bonchev–Trinajstić information content (AvgIpc) is 2.29. The van der Waals surface area contributed by atoms with Gasteiger partial charge in [-0.3, -0.25) is 19.2 Å². The molecular weight excluding hydrogens is 239 g/mol. The number of methoxy groups -OCH3 is 2. The van der Waals surface area contributed by atoms with E-state index in [2.05, 4.69) is 9.47 Å². The van der Waals surface area contributed by atoms with Gasteiger partial charge in [0.1, 0.15) is 23.4 Å². The molecule has 6 nitrogen and oxygen atoms in total. The predicted octanol–water partition coefficient (Wildman–Crippen LogP) is -3.39. The van der Waals surface area contributed by atoms with E-state index in [1.807, 2.05) is 0 Å². The van der Waals surface area contributed by atoms with Crippen molar-refractivity contribution < 1.29 is 59.6 Å². The second-order valence-electron chi connectivity index (χ2n) is 3.49. The van der Waals surface area contributed by atoms with Crippen LogP contribution in [0, 0.1) is 11.8 Å². The van der Waals surface area contributed by atoms with Gasteiger partial charge in [0, 0.05) is 12.8 Å². The van der Waals surface area contributed by atoms with Gasteiger partial charge in [-0.1, -0.05) is 0 Å². The Labute approximate surface area is 122 Å². The fourth-order valence-electron chi connectivity index (χ4n) is 1.63. The van der Waals surface area contributed by atoms with Crippen LogP contribution < -0.4 is 29.6 Å². The van der Waals surface area contributed by atoms with Crippen molar-refractivity contribution in [3.63, 3.8) is 0 Å². The summed E-state index contributed by atoms with van der Waals surface area (Å²) in [6.45, 7) is 0. The molecule has 0 bridgehead atoms. The van der Waals surface area contributed by atoms with Crippen LogP contribution >= 0.6 is 0 Å². The summed E-state index contributed by atoms with van der Waals surface area (Å²) in [5.74, 6) is -4.52. The Kier molecular flexibility index (Phi) is 6.59. The van der Waals surface area contributed by atoms with Gasteiger partial charge < -0.3 is 10.9 Å². The van der Waals surface area contributed by atoms with Crippen molar-refractivity contribution in [1.29, 1.82) is 0 Å². The quantitative estimate of drug-likeness (QED) is 0.289. The van der Waals surface area contributed by atoms with E-state index in [0.717, 1.165) is 14.2 Å². The average molecular weight is 252 g/mol. The van der Waals surface area contributed by atoms with Gasteiger partial charge in [-0.15, -0.1) is 0 Å². The largest absolute Gasteiger partial charge is 1.00 e. The molecule has 1 aliphatic carbocycles. The number of hydrogen-bond donors (Lipinski definition) is 0. The Bertz CT molecular complexity index is 322. The molecule has 0 aliphatic heterocycles. The summed E-state index contributed by atoms with van der Waals surface area (Å²) in [6, 6.07) is 0. The van der Waals surface area contributed by atoms with Gasteiger partial charge in [-0.25, -0.2) is 0 Å². The molecule has 0 aromatic rings. The van der Waals surface area contributed by atoms with E-state index in [9.17, 15) is 19.2 Å². The van der Waals surface area contributed by atoms with Gasteiger partial charge in [0.05, 0.1) is 14.2 Å². The number of ether oxygens (including phenoxy) is 2. The van der Waals surface area contributed by atoms with Gasteiger partial charge in [0.15, 0.2) is 0 Å². The summed E-state index contributed by atoms with van der Waals surface area (Å²) in [5, 5.41) is 0. The minimum atomic E-state index is -1.07. The van der Waals surface area contributed by atoms with Crippen LogP contribution in [0.1, 0.15) is 14.3 Å². The fourth-order valence-corrected chi connectivity index (χ4v) is 1.63. The molecule has 0 aromatic heterocycles. The topological polar surface area (TPSA) is 86.7 Å². The predicted molar refractivity (Wildman–Crippen MR) is 51.4 cm³/mol. The molecule has 17 heavy (non-hydrogen) atoms. The zero-order valence-corrected chi connectivity index (χ0v) is 12.0. The van der Waals surface area contributed by atoms with E-state index in [0.29, 0.717) is 0 Å². The second-order valence-corrected chi connectivity index (χ2v) is 3.49. The van der Waals surface area contributed by atoms with Gasteiger partial charge in [0.25, 0.3) is 0 Å². The standard InChI is InChI=1S/C10H12O6.Na.H/c1-15-9(13)5-3-8(12)6(4-7(5)11)10(14)16-2;;/h5-6H,3-4H2,1-2H3;;/q;+1;-1. The third-order valence-electron chi connectivity index (χ3n) is 2.56. The van der Waals surface area contributed by atoms with Gasteiger partial charge in [0.2, 0.25) is 0 Å². The summed E-state index contributed by atoms with van der Waals surface area (Å²) < 4.78 is 8.80. The van der Waals surface area contributed by atoms with E-state index in [-0.39, 0.29) is 43.8 Å². The third-order valence-corrected chi connectivity index (χ3v) is 2.56. The molecular formula is C10H13NaO6. The Morgan fingerprint density at radius 2 is 1.29 bits per heavy atom. The molecule has 0 aromatic carbocycles. The molecule has 1 saturated carbocycles. The summed E-state index contributed by atoms with van der Waals surface area (Å²) in [5.41, 5.74) is 0. The van der Waals surface area contributed by atoms with E-state index in [1.54, 1.807) is 0 Å². The zero-order chi connectivity index (χ0) is 12.3. The fraction of sp³-hybridized carbons (Fsp3) is 0.600. The van der Waals surface area contributed by atoms with E-state index in [1.165, 1.54) is 0 Å². The number of carbonyl (C=O) groups is 4. The molecule has 7 heteroatoms. The van der Waals surface area contributed by atoms with Crippen LogP contribution in [0.15, 0.2) is 0 Å². The number of carbonyl (C=O) groups excluding carboxylic acids is 4. The summed E-state index contributed by atoms with van der Waals surface area (Å²) in [7, 11) is 2.29. The van der Waals surface area contributed by atoms with Crippen molar-refractivity contribution in [3.8, 4) is 0 Å². The van der Waals surface area contributed by atoms with Crippen LogP contribution in [0.5, 0.6) is 0 Å². The molecule has 1 rings (SSSR count). The zero-order valence-electron chi connectivity index (χ0n) is 11.0. The van der Waals surface area contributed by atoms with Crippen LogP contribution in [0.4, 0.5) is 0 Å². The van der Waals surface area contributed by atoms with E-state index >= 15 is 0 Å². The molecule has 0 radical (unpaired) electrons. The number of ketones is 2. The normalized spacial score (nSPS) is 23.6. The molecule has 0 N–H and O–H groups in total. The molecule has 0 spiro atoms. The number of esters is 2. The van der Waals surface area contributed by atoms with Crippen LogP contribution in [-0.4, -0.2) is 37.7 Å². The molecule has 2 atom stereocenters. The van der Waals surface area contributed by atoms with Crippen LogP contribution in [-0.2, 0) is 28.7 Å². The first kappa shape index (κ1) is 16.3. The van der Waals surface area contributed by atoms with Crippen LogP contribution in [0.2, 0.25) is 0 Å². The Morgan fingerprint density at radius 1 is 1.00 bits per heavy atom. The molecule has 0 amide bonds. The minimum Gasteiger partial charge on any atom is -1.00 e. The van der Waals surface area contributed by atoms with Crippen molar-refractivity contribution in [2.75, 3.05) is 14.2 Å². The maximum atomic E-state index is 11.5. The molecule has 90 valence electrons. The first-order valence-electron chi connectivity index (χ1n) is 4.72. The van der Waals surface area contributed by atoms with Crippen LogP contribution in [0.3, 0.4) is 0 Å². The van der Waals surface area contributed by atoms with Crippen molar-refractivity contribution in [2.45, 2.75) is 12.8 Å². The smallest absolute Gasteiger partial charge is 1.00 e. The Hall–Kier alpha value is -0.720. The maximum absolute atomic E-state index is 11.5. The molecule has 1 fully saturated rings. The Balaban J connectivity index is 0. The summed E-state index contributed by atoms with van der Waals surface area (Å²) >= 11 is 0. The third kappa shape index (κ3) is 3.62. The SMILES string of the molecule is COC(=O)C1CC(=O)C(C(=O)OC)CC1=O.[H-].[Na+]. The van der Waals surface area contributed by atoms with Crippen molar-refractivity contribution in [3.05, 3.63) is 0 Å². The van der Waals surface area contributed by atoms with E-state index in [4.69, 9.17) is 0 Å². The number of rotatable bonds is 2. The van der Waals surface area contributed by atoms with Gasteiger partial charge in [-0.05, 0) is 0 Å². The monoisotopic (exact) mass is 252 g/mol. The van der Waals surface area contributed by atoms with Crippen LogP contribution in [0.25, 0.3) is 0 Å². The molecule has 0 saturated heterocycles. The molecule has 1 aliphatic rings. The maximum Gasteiger partial charge on any atom is 1.00 e. The number of Topliss-reactive ketones (excluding diaryl/α,β-unsaturated/α-hetero) is 2. The van der Waals surface area contributed by atoms with Gasteiger partial charge in [-0.2, -0.15) is 0 Å². The second kappa shape index (κ2) is 6.88. The molecule has 2 unspecified atom stereocenters. The Morgan fingerprint density at radius 3 is 1.53 bits per heavy atom. The number of hydrogen-bond acceptors (Lipinski definition) is 6. The first-order valence-corrected chi connectivity index (χ1v) is 4.72. The minimum absolute atomic E-state index is 0. The summed E-state index contributed by atoms with van der Waals surface area (Å²) in [4.78, 5) is 45.3. The van der Waals surface area contributed by atoms with Crippen molar-refractivity contribution in [2.24, 2.45) is 11.8 Å². The molecule has 0 heterocycles.